The molecule has 2 N–H and O–H groups in total. The van der Waals surface area contributed by atoms with Crippen molar-refractivity contribution >= 4 is 11.9 Å². The van der Waals surface area contributed by atoms with Gasteiger partial charge in [-0.1, -0.05) is 19.8 Å². The normalized spacial score (nSPS) is 12.6. The van der Waals surface area contributed by atoms with Gasteiger partial charge in [-0.25, -0.2) is 9.59 Å². The number of rotatable bonds is 8. The van der Waals surface area contributed by atoms with Gasteiger partial charge in [0.2, 0.25) is 0 Å². The highest BCUT2D eigenvalue weighted by Crippen LogP contribution is 2.09. The average molecular weight is 230 g/mol. The number of aliphatic hydroxyl groups is 1. The molecule has 0 bridgehead atoms. The molecular formula is C11H18O5. The third-order valence-corrected chi connectivity index (χ3v) is 1.98. The van der Waals surface area contributed by atoms with E-state index in [0.29, 0.717) is 12.8 Å². The minimum atomic E-state index is -1.19. The molecule has 0 aromatic carbocycles. The molecule has 0 saturated carbocycles. The lowest BCUT2D eigenvalue weighted by Crippen LogP contribution is -2.18. The van der Waals surface area contributed by atoms with Gasteiger partial charge >= 0.3 is 11.9 Å². The van der Waals surface area contributed by atoms with E-state index in [-0.39, 0.29) is 12.7 Å². The maximum atomic E-state index is 11.1. The van der Waals surface area contributed by atoms with Crippen LogP contribution in [0, 0.1) is 0 Å². The Morgan fingerprint density at radius 1 is 1.31 bits per heavy atom. The van der Waals surface area contributed by atoms with E-state index in [4.69, 9.17) is 14.9 Å². The Morgan fingerprint density at radius 3 is 2.50 bits per heavy atom. The van der Waals surface area contributed by atoms with Crippen molar-refractivity contribution < 1.29 is 24.5 Å². The van der Waals surface area contributed by atoms with Crippen LogP contribution in [0.2, 0.25) is 0 Å². The maximum absolute atomic E-state index is 11.1. The van der Waals surface area contributed by atoms with E-state index in [2.05, 4.69) is 0 Å². The summed E-state index contributed by atoms with van der Waals surface area (Å²) in [7, 11) is 0. The summed E-state index contributed by atoms with van der Waals surface area (Å²) >= 11 is 0. The van der Waals surface area contributed by atoms with E-state index in [1.54, 1.807) is 0 Å². The van der Waals surface area contributed by atoms with E-state index in [1.165, 1.54) is 0 Å². The Labute approximate surface area is 94.7 Å². The second-order valence-electron chi connectivity index (χ2n) is 3.38. The number of unbranched alkanes of at least 4 members (excludes halogenated alkanes) is 1. The third kappa shape index (κ3) is 7.99. The number of aliphatic hydroxyl groups excluding tert-OH is 1. The third-order valence-electron chi connectivity index (χ3n) is 1.98. The summed E-state index contributed by atoms with van der Waals surface area (Å²) in [5.41, 5.74) is 0. The van der Waals surface area contributed by atoms with Gasteiger partial charge in [0.05, 0.1) is 0 Å². The smallest absolute Gasteiger partial charge is 0.331 e. The molecule has 0 aliphatic heterocycles. The number of carboxylic acid groups (broad SMARTS) is 1. The summed E-state index contributed by atoms with van der Waals surface area (Å²) in [6.07, 6.45) is 4.22. The quantitative estimate of drug-likeness (QED) is 0.482. The van der Waals surface area contributed by atoms with Crippen LogP contribution in [0.4, 0.5) is 0 Å². The SMILES string of the molecule is CCCCC(CCO)OC(=O)/C=C\C(=O)O. The van der Waals surface area contributed by atoms with Gasteiger partial charge in [0.1, 0.15) is 6.10 Å². The van der Waals surface area contributed by atoms with Crippen molar-refractivity contribution in [1.29, 1.82) is 0 Å². The van der Waals surface area contributed by atoms with E-state index in [9.17, 15) is 9.59 Å². The van der Waals surface area contributed by atoms with E-state index >= 15 is 0 Å². The molecule has 0 aliphatic carbocycles. The standard InChI is InChI=1S/C11H18O5/c1-2-3-4-9(7-8-12)16-11(15)6-5-10(13)14/h5-6,9,12H,2-4,7-8H2,1H3,(H,13,14)/b6-5-. The monoisotopic (exact) mass is 230 g/mol. The second-order valence-corrected chi connectivity index (χ2v) is 3.38. The van der Waals surface area contributed by atoms with Crippen molar-refractivity contribution in [3.05, 3.63) is 12.2 Å². The summed E-state index contributed by atoms with van der Waals surface area (Å²) < 4.78 is 4.99. The summed E-state index contributed by atoms with van der Waals surface area (Å²) in [6.45, 7) is 1.96. The average Bonchev–Trinajstić information content (AvgIpc) is 2.23. The zero-order chi connectivity index (χ0) is 12.4. The Balaban J connectivity index is 4.06. The molecule has 0 fully saturated rings. The van der Waals surface area contributed by atoms with Gasteiger partial charge < -0.3 is 14.9 Å². The van der Waals surface area contributed by atoms with Gasteiger partial charge in [-0.05, 0) is 6.42 Å². The van der Waals surface area contributed by atoms with E-state index in [0.717, 1.165) is 25.0 Å². The van der Waals surface area contributed by atoms with Crippen molar-refractivity contribution in [2.45, 2.75) is 38.7 Å². The Kier molecular flexibility index (Phi) is 8.15. The highest BCUT2D eigenvalue weighted by atomic mass is 16.5. The number of hydrogen-bond donors (Lipinski definition) is 2. The Hall–Kier alpha value is -1.36. The lowest BCUT2D eigenvalue weighted by molar-refractivity contribution is -0.144. The number of aliphatic carboxylic acids is 1. The van der Waals surface area contributed by atoms with Crippen molar-refractivity contribution in [3.8, 4) is 0 Å². The number of carbonyl (C=O) groups excluding carboxylic acids is 1. The Morgan fingerprint density at radius 2 is 2.00 bits per heavy atom. The molecule has 0 aromatic heterocycles. The zero-order valence-electron chi connectivity index (χ0n) is 9.39. The highest BCUT2D eigenvalue weighted by Gasteiger charge is 2.11. The van der Waals surface area contributed by atoms with Crippen LogP contribution >= 0.6 is 0 Å². The molecule has 1 unspecified atom stereocenters. The minimum absolute atomic E-state index is 0.0513. The summed E-state index contributed by atoms with van der Waals surface area (Å²) in [5, 5.41) is 17.1. The van der Waals surface area contributed by atoms with Crippen LogP contribution in [-0.2, 0) is 14.3 Å². The lowest BCUT2D eigenvalue weighted by atomic mass is 10.1. The molecule has 0 aliphatic rings. The second kappa shape index (κ2) is 8.91. The molecule has 16 heavy (non-hydrogen) atoms. The van der Waals surface area contributed by atoms with Crippen LogP contribution in [-0.4, -0.2) is 34.9 Å². The summed E-state index contributed by atoms with van der Waals surface area (Å²) in [5.74, 6) is -1.87. The van der Waals surface area contributed by atoms with Crippen LogP contribution in [0.5, 0.6) is 0 Å². The first-order valence-electron chi connectivity index (χ1n) is 5.32. The maximum Gasteiger partial charge on any atom is 0.331 e. The molecule has 92 valence electrons. The van der Waals surface area contributed by atoms with Crippen molar-refractivity contribution in [2.24, 2.45) is 0 Å². The van der Waals surface area contributed by atoms with Gasteiger partial charge in [0, 0.05) is 25.2 Å². The van der Waals surface area contributed by atoms with E-state index in [1.807, 2.05) is 6.92 Å². The lowest BCUT2D eigenvalue weighted by Gasteiger charge is -2.15. The van der Waals surface area contributed by atoms with Gasteiger partial charge in [-0.3, -0.25) is 0 Å². The fourth-order valence-electron chi connectivity index (χ4n) is 1.18. The molecule has 0 spiro atoms. The molecular weight excluding hydrogens is 212 g/mol. The number of esters is 1. The predicted molar refractivity (Wildman–Crippen MR) is 57.9 cm³/mol. The largest absolute Gasteiger partial charge is 0.478 e. The summed E-state index contributed by atoms with van der Waals surface area (Å²) in [4.78, 5) is 21.3. The zero-order valence-corrected chi connectivity index (χ0v) is 9.39. The predicted octanol–water partition coefficient (Wildman–Crippen LogP) is 1.11. The molecule has 0 saturated heterocycles. The molecule has 0 heterocycles. The first kappa shape index (κ1) is 14.6. The topological polar surface area (TPSA) is 83.8 Å². The fourth-order valence-corrected chi connectivity index (χ4v) is 1.18. The molecule has 5 heteroatoms. The molecule has 0 rings (SSSR count). The van der Waals surface area contributed by atoms with Crippen molar-refractivity contribution in [2.75, 3.05) is 6.61 Å². The van der Waals surface area contributed by atoms with Crippen LogP contribution in [0.15, 0.2) is 12.2 Å². The van der Waals surface area contributed by atoms with Gasteiger partial charge in [-0.15, -0.1) is 0 Å². The van der Waals surface area contributed by atoms with Gasteiger partial charge in [0.15, 0.2) is 0 Å². The fraction of sp³-hybridized carbons (Fsp3) is 0.636. The Bertz CT molecular complexity index is 247. The van der Waals surface area contributed by atoms with Gasteiger partial charge in [-0.2, -0.15) is 0 Å². The highest BCUT2D eigenvalue weighted by molar-refractivity contribution is 5.90. The number of carbonyl (C=O) groups is 2. The summed E-state index contributed by atoms with van der Waals surface area (Å²) in [6, 6.07) is 0. The molecule has 5 nitrogen and oxygen atoms in total. The first-order chi connectivity index (χ1) is 7.60. The van der Waals surface area contributed by atoms with E-state index < -0.39 is 11.9 Å². The number of hydrogen-bond acceptors (Lipinski definition) is 4. The minimum Gasteiger partial charge on any atom is -0.478 e. The van der Waals surface area contributed by atoms with Crippen LogP contribution in [0.25, 0.3) is 0 Å². The van der Waals surface area contributed by atoms with Crippen LogP contribution in [0.3, 0.4) is 0 Å². The molecule has 0 amide bonds. The molecule has 1 atom stereocenters. The van der Waals surface area contributed by atoms with Crippen molar-refractivity contribution in [1.82, 2.24) is 0 Å². The van der Waals surface area contributed by atoms with Crippen molar-refractivity contribution in [3.63, 3.8) is 0 Å². The molecule has 0 aromatic rings. The number of ether oxygens (including phenoxy) is 1. The molecule has 0 radical (unpaired) electrons. The number of carboxylic acids is 1. The van der Waals surface area contributed by atoms with Crippen LogP contribution in [0.1, 0.15) is 32.6 Å². The first-order valence-corrected chi connectivity index (χ1v) is 5.32. The van der Waals surface area contributed by atoms with Crippen LogP contribution < -0.4 is 0 Å². The van der Waals surface area contributed by atoms with Gasteiger partial charge in [0.25, 0.3) is 0 Å².